The fourth-order valence-electron chi connectivity index (χ4n) is 2.56. The van der Waals surface area contributed by atoms with Crippen LogP contribution in [-0.2, 0) is 11.4 Å². The van der Waals surface area contributed by atoms with E-state index in [-0.39, 0.29) is 11.4 Å². The van der Waals surface area contributed by atoms with Gasteiger partial charge in [0.15, 0.2) is 17.3 Å². The van der Waals surface area contributed by atoms with E-state index in [1.54, 1.807) is 31.2 Å². The Kier molecular flexibility index (Phi) is 6.88. The number of carbonyl (C=O) groups excluding carboxylic acids is 1. The van der Waals surface area contributed by atoms with Crippen molar-refractivity contribution in [1.82, 2.24) is 5.16 Å². The van der Waals surface area contributed by atoms with Crippen molar-refractivity contribution in [3.63, 3.8) is 0 Å². The fourth-order valence-corrected chi connectivity index (χ4v) is 2.82. The highest BCUT2D eigenvalue weighted by Crippen LogP contribution is 2.30. The molecule has 0 saturated carbocycles. The zero-order valence-electron chi connectivity index (χ0n) is 16.3. The number of hydrogen-bond acceptors (Lipinski definition) is 6. The Morgan fingerprint density at radius 2 is 2.00 bits per heavy atom. The average molecular weight is 468 g/mol. The first-order chi connectivity index (χ1) is 14.5. The predicted molar refractivity (Wildman–Crippen MR) is 115 cm³/mol. The molecule has 0 fully saturated rings. The van der Waals surface area contributed by atoms with Gasteiger partial charge in [0.1, 0.15) is 24.0 Å². The Morgan fingerprint density at radius 1 is 1.23 bits per heavy atom. The second kappa shape index (κ2) is 9.76. The summed E-state index contributed by atoms with van der Waals surface area (Å²) in [6.45, 7) is 2.08. The lowest BCUT2D eigenvalue weighted by Crippen LogP contribution is -2.13. The number of methoxy groups -OCH3 is 1. The van der Waals surface area contributed by atoms with E-state index in [1.807, 2.05) is 30.3 Å². The summed E-state index contributed by atoms with van der Waals surface area (Å²) in [5, 5.41) is 15.6. The Morgan fingerprint density at radius 3 is 2.63 bits per heavy atom. The molecule has 0 aliphatic carbocycles. The molecule has 0 unspecified atom stereocenters. The largest absolute Gasteiger partial charge is 0.493 e. The van der Waals surface area contributed by atoms with Crippen molar-refractivity contribution in [2.75, 3.05) is 12.4 Å². The molecule has 1 aromatic heterocycles. The predicted octanol–water partition coefficient (Wildman–Crippen LogP) is 4.88. The van der Waals surface area contributed by atoms with Crippen molar-refractivity contribution in [2.45, 2.75) is 13.5 Å². The summed E-state index contributed by atoms with van der Waals surface area (Å²) in [6, 6.07) is 16.4. The summed E-state index contributed by atoms with van der Waals surface area (Å²) >= 11 is 3.40. The van der Waals surface area contributed by atoms with Gasteiger partial charge in [-0.1, -0.05) is 39.3 Å². The van der Waals surface area contributed by atoms with Gasteiger partial charge in [-0.05, 0) is 48.4 Å². The number of nitriles is 1. The molecule has 0 aliphatic heterocycles. The van der Waals surface area contributed by atoms with Crippen molar-refractivity contribution >= 4 is 33.7 Å². The van der Waals surface area contributed by atoms with Crippen LogP contribution in [0.3, 0.4) is 0 Å². The molecule has 152 valence electrons. The number of hydrogen-bond donors (Lipinski definition) is 1. The number of rotatable bonds is 7. The smallest absolute Gasteiger partial charge is 0.267 e. The first-order valence-electron chi connectivity index (χ1n) is 8.90. The second-order valence-electron chi connectivity index (χ2n) is 6.27. The molecule has 1 heterocycles. The third-order valence-electron chi connectivity index (χ3n) is 4.04. The van der Waals surface area contributed by atoms with Crippen LogP contribution in [0, 0.1) is 18.3 Å². The van der Waals surface area contributed by atoms with Crippen molar-refractivity contribution in [3.8, 4) is 17.6 Å². The first-order valence-corrected chi connectivity index (χ1v) is 9.69. The first kappa shape index (κ1) is 21.1. The van der Waals surface area contributed by atoms with Crippen LogP contribution in [0.4, 0.5) is 5.82 Å². The minimum atomic E-state index is -0.583. The number of nitrogens with one attached hydrogen (secondary N) is 1. The number of amides is 1. The molecule has 1 N–H and O–H groups in total. The minimum Gasteiger partial charge on any atom is -0.493 e. The van der Waals surface area contributed by atoms with Crippen LogP contribution in [-0.4, -0.2) is 18.2 Å². The van der Waals surface area contributed by atoms with E-state index in [1.165, 1.54) is 13.2 Å². The summed E-state index contributed by atoms with van der Waals surface area (Å²) in [4.78, 5) is 12.3. The number of carbonyl (C=O) groups is 1. The van der Waals surface area contributed by atoms with Crippen LogP contribution in [0.15, 0.2) is 63.1 Å². The molecule has 0 spiro atoms. The number of aryl methyl sites for hydroxylation is 1. The third-order valence-corrected chi connectivity index (χ3v) is 4.57. The van der Waals surface area contributed by atoms with Crippen LogP contribution in [0.5, 0.6) is 11.5 Å². The van der Waals surface area contributed by atoms with E-state index in [9.17, 15) is 10.1 Å². The summed E-state index contributed by atoms with van der Waals surface area (Å²) < 4.78 is 17.1. The van der Waals surface area contributed by atoms with Gasteiger partial charge in [-0.3, -0.25) is 4.79 Å². The Balaban J connectivity index is 1.74. The average Bonchev–Trinajstić information content (AvgIpc) is 3.16. The van der Waals surface area contributed by atoms with E-state index in [0.29, 0.717) is 29.4 Å². The summed E-state index contributed by atoms with van der Waals surface area (Å²) in [5.74, 6) is 1.26. The van der Waals surface area contributed by atoms with Gasteiger partial charge >= 0.3 is 0 Å². The molecular formula is C22H18BrN3O4. The van der Waals surface area contributed by atoms with Crippen molar-refractivity contribution in [1.29, 1.82) is 5.26 Å². The Bertz CT molecular complexity index is 1110. The molecule has 8 heteroatoms. The molecule has 0 atom stereocenters. The van der Waals surface area contributed by atoms with Crippen molar-refractivity contribution < 1.29 is 18.8 Å². The van der Waals surface area contributed by atoms with Gasteiger partial charge in [0, 0.05) is 10.5 Å². The molecule has 2 aromatic carbocycles. The molecule has 1 amide bonds. The molecule has 7 nitrogen and oxygen atoms in total. The monoisotopic (exact) mass is 467 g/mol. The molecule has 0 saturated heterocycles. The number of aromatic nitrogens is 1. The van der Waals surface area contributed by atoms with Gasteiger partial charge < -0.3 is 19.3 Å². The highest BCUT2D eigenvalue weighted by molar-refractivity contribution is 9.10. The van der Waals surface area contributed by atoms with Gasteiger partial charge in [-0.15, -0.1) is 0 Å². The zero-order chi connectivity index (χ0) is 21.5. The van der Waals surface area contributed by atoms with E-state index in [2.05, 4.69) is 26.4 Å². The van der Waals surface area contributed by atoms with E-state index < -0.39 is 5.91 Å². The topological polar surface area (TPSA) is 97.4 Å². The van der Waals surface area contributed by atoms with E-state index in [4.69, 9.17) is 14.0 Å². The number of nitrogens with zero attached hydrogens (tertiary/aromatic N) is 2. The SMILES string of the molecule is COc1cc(/C=C(/C#N)C(=O)Nc2cc(C)on2)ccc1OCc1ccc(Br)cc1. The van der Waals surface area contributed by atoms with E-state index in [0.717, 1.165) is 10.0 Å². The van der Waals surface area contributed by atoms with E-state index >= 15 is 0 Å². The lowest BCUT2D eigenvalue weighted by Gasteiger charge is -2.11. The summed E-state index contributed by atoms with van der Waals surface area (Å²) in [5.41, 5.74) is 1.54. The summed E-state index contributed by atoms with van der Waals surface area (Å²) in [7, 11) is 1.53. The number of ether oxygens (including phenoxy) is 2. The van der Waals surface area contributed by atoms with Crippen LogP contribution in [0.2, 0.25) is 0 Å². The van der Waals surface area contributed by atoms with Crippen LogP contribution in [0.1, 0.15) is 16.9 Å². The molecular weight excluding hydrogens is 450 g/mol. The standard InChI is InChI=1S/C22H18BrN3O4/c1-14-9-21(26-30-14)25-22(27)17(12-24)10-16-5-8-19(20(11-16)28-2)29-13-15-3-6-18(23)7-4-15/h3-11H,13H2,1-2H3,(H,25,26,27)/b17-10-. The quantitative estimate of drug-likeness (QED) is 0.392. The third kappa shape index (κ3) is 5.49. The maximum Gasteiger partial charge on any atom is 0.267 e. The lowest BCUT2D eigenvalue weighted by atomic mass is 10.1. The lowest BCUT2D eigenvalue weighted by molar-refractivity contribution is -0.112. The van der Waals surface area contributed by atoms with Gasteiger partial charge in [0.05, 0.1) is 7.11 Å². The Labute approximate surface area is 182 Å². The number of benzene rings is 2. The maximum absolute atomic E-state index is 12.3. The molecule has 0 radical (unpaired) electrons. The highest BCUT2D eigenvalue weighted by atomic mass is 79.9. The van der Waals surface area contributed by atoms with Crippen molar-refractivity contribution in [3.05, 3.63) is 75.5 Å². The number of anilines is 1. The molecule has 0 bridgehead atoms. The van der Waals surface area contributed by atoms with Crippen LogP contribution in [0.25, 0.3) is 6.08 Å². The molecule has 0 aliphatic rings. The van der Waals surface area contributed by atoms with Gasteiger partial charge in [-0.25, -0.2) is 0 Å². The molecule has 3 rings (SSSR count). The maximum atomic E-state index is 12.3. The van der Waals surface area contributed by atoms with Gasteiger partial charge in [-0.2, -0.15) is 5.26 Å². The minimum absolute atomic E-state index is 0.0822. The normalized spacial score (nSPS) is 10.9. The fraction of sp³-hybridized carbons (Fsp3) is 0.136. The Hall–Kier alpha value is -3.57. The summed E-state index contributed by atoms with van der Waals surface area (Å²) in [6.07, 6.45) is 1.46. The van der Waals surface area contributed by atoms with Crippen LogP contribution < -0.4 is 14.8 Å². The zero-order valence-corrected chi connectivity index (χ0v) is 17.9. The molecule has 3 aromatic rings. The number of halogens is 1. The van der Waals surface area contributed by atoms with Gasteiger partial charge in [0.25, 0.3) is 5.91 Å². The van der Waals surface area contributed by atoms with Crippen LogP contribution >= 0.6 is 15.9 Å². The highest BCUT2D eigenvalue weighted by Gasteiger charge is 2.13. The van der Waals surface area contributed by atoms with Crippen molar-refractivity contribution in [2.24, 2.45) is 0 Å². The van der Waals surface area contributed by atoms with Gasteiger partial charge in [0.2, 0.25) is 0 Å². The molecule has 30 heavy (non-hydrogen) atoms. The second-order valence-corrected chi connectivity index (χ2v) is 7.19.